The van der Waals surface area contributed by atoms with Crippen molar-refractivity contribution in [3.8, 4) is 0 Å². The Morgan fingerprint density at radius 2 is 2.37 bits per heavy atom. The van der Waals surface area contributed by atoms with E-state index >= 15 is 0 Å². The highest BCUT2D eigenvalue weighted by molar-refractivity contribution is 7.99. The summed E-state index contributed by atoms with van der Waals surface area (Å²) in [5.74, 6) is 0.377. The quantitative estimate of drug-likeness (QED) is 0.802. The Morgan fingerprint density at radius 1 is 1.58 bits per heavy atom. The zero-order valence-electron chi connectivity index (χ0n) is 11.2. The van der Waals surface area contributed by atoms with Gasteiger partial charge < -0.3 is 14.4 Å². The van der Waals surface area contributed by atoms with Gasteiger partial charge in [0.15, 0.2) is 5.16 Å². The van der Waals surface area contributed by atoms with Gasteiger partial charge in [0.05, 0.1) is 18.5 Å². The molecule has 1 aliphatic rings. The number of rotatable bonds is 6. The highest BCUT2D eigenvalue weighted by Gasteiger charge is 2.29. The minimum atomic E-state index is -0.838. The molecule has 0 aromatic carbocycles. The standard InChI is InChI=1S/C12H19N3O3S/c1-3-4-15-11(9-5-8(2)18-6-9)13-14-12(15)19-7-10(16)17/h8-9H,3-7H2,1-2H3,(H,16,17). The van der Waals surface area contributed by atoms with Gasteiger partial charge in [0.25, 0.3) is 0 Å². The third-order valence-corrected chi connectivity index (χ3v) is 4.03. The summed E-state index contributed by atoms with van der Waals surface area (Å²) in [6, 6.07) is 0. The lowest BCUT2D eigenvalue weighted by molar-refractivity contribution is -0.133. The number of thioether (sulfide) groups is 1. The van der Waals surface area contributed by atoms with E-state index in [-0.39, 0.29) is 17.8 Å². The van der Waals surface area contributed by atoms with E-state index in [1.165, 1.54) is 11.8 Å². The zero-order chi connectivity index (χ0) is 13.8. The van der Waals surface area contributed by atoms with Crippen LogP contribution in [0.5, 0.6) is 0 Å². The van der Waals surface area contributed by atoms with Crippen molar-refractivity contribution in [2.75, 3.05) is 12.4 Å². The SMILES string of the molecule is CCCn1c(SCC(=O)O)nnc1C1COC(C)C1. The number of carboxylic acids is 1. The van der Waals surface area contributed by atoms with Crippen LogP contribution in [0.3, 0.4) is 0 Å². The van der Waals surface area contributed by atoms with Crippen molar-refractivity contribution in [1.29, 1.82) is 0 Å². The van der Waals surface area contributed by atoms with E-state index in [2.05, 4.69) is 24.0 Å². The van der Waals surface area contributed by atoms with Crippen LogP contribution in [0.1, 0.15) is 38.4 Å². The van der Waals surface area contributed by atoms with Gasteiger partial charge in [-0.2, -0.15) is 0 Å². The van der Waals surface area contributed by atoms with Gasteiger partial charge in [0.2, 0.25) is 0 Å². The molecule has 1 aromatic rings. The summed E-state index contributed by atoms with van der Waals surface area (Å²) >= 11 is 1.22. The van der Waals surface area contributed by atoms with Crippen LogP contribution in [0.25, 0.3) is 0 Å². The van der Waals surface area contributed by atoms with E-state index < -0.39 is 5.97 Å². The molecule has 1 fully saturated rings. The number of carbonyl (C=O) groups is 1. The second kappa shape index (κ2) is 6.38. The van der Waals surface area contributed by atoms with Crippen LogP contribution in [0.2, 0.25) is 0 Å². The van der Waals surface area contributed by atoms with Crippen LogP contribution in [0.4, 0.5) is 0 Å². The fourth-order valence-corrected chi connectivity index (χ4v) is 2.96. The minimum absolute atomic E-state index is 0.0133. The molecule has 1 aliphatic heterocycles. The van der Waals surface area contributed by atoms with Crippen LogP contribution in [0, 0.1) is 0 Å². The Morgan fingerprint density at radius 3 is 2.95 bits per heavy atom. The molecule has 7 heteroatoms. The summed E-state index contributed by atoms with van der Waals surface area (Å²) in [4.78, 5) is 10.6. The van der Waals surface area contributed by atoms with E-state index in [1.54, 1.807) is 0 Å². The minimum Gasteiger partial charge on any atom is -0.481 e. The summed E-state index contributed by atoms with van der Waals surface area (Å²) in [7, 11) is 0. The molecule has 0 saturated carbocycles. The first kappa shape index (κ1) is 14.3. The highest BCUT2D eigenvalue weighted by Crippen LogP contribution is 2.30. The molecule has 0 spiro atoms. The number of aliphatic carboxylic acids is 1. The molecule has 19 heavy (non-hydrogen) atoms. The summed E-state index contributed by atoms with van der Waals surface area (Å²) in [5.41, 5.74) is 0. The smallest absolute Gasteiger partial charge is 0.313 e. The molecule has 1 aromatic heterocycles. The van der Waals surface area contributed by atoms with Gasteiger partial charge in [-0.1, -0.05) is 18.7 Å². The maximum absolute atomic E-state index is 10.6. The van der Waals surface area contributed by atoms with E-state index in [4.69, 9.17) is 9.84 Å². The van der Waals surface area contributed by atoms with E-state index in [0.29, 0.717) is 11.8 Å². The molecule has 2 atom stereocenters. The largest absolute Gasteiger partial charge is 0.481 e. The molecule has 0 bridgehead atoms. The van der Waals surface area contributed by atoms with E-state index in [0.717, 1.165) is 25.2 Å². The van der Waals surface area contributed by atoms with Crippen LogP contribution in [-0.4, -0.2) is 44.3 Å². The topological polar surface area (TPSA) is 77.2 Å². The van der Waals surface area contributed by atoms with Gasteiger partial charge in [-0.25, -0.2) is 0 Å². The first-order chi connectivity index (χ1) is 9.11. The normalized spacial score (nSPS) is 22.8. The third-order valence-electron chi connectivity index (χ3n) is 3.08. The molecule has 0 radical (unpaired) electrons. The molecular formula is C12H19N3O3S. The van der Waals surface area contributed by atoms with Crippen molar-refractivity contribution in [1.82, 2.24) is 14.8 Å². The zero-order valence-corrected chi connectivity index (χ0v) is 12.0. The molecule has 6 nitrogen and oxygen atoms in total. The first-order valence-electron chi connectivity index (χ1n) is 6.51. The van der Waals surface area contributed by atoms with Crippen LogP contribution >= 0.6 is 11.8 Å². The van der Waals surface area contributed by atoms with Crippen molar-refractivity contribution in [3.63, 3.8) is 0 Å². The van der Waals surface area contributed by atoms with Gasteiger partial charge in [0.1, 0.15) is 5.82 Å². The number of nitrogens with zero attached hydrogens (tertiary/aromatic N) is 3. The molecule has 0 amide bonds. The Kier molecular flexibility index (Phi) is 4.81. The van der Waals surface area contributed by atoms with Gasteiger partial charge in [-0.05, 0) is 19.8 Å². The Labute approximate surface area is 116 Å². The third kappa shape index (κ3) is 3.48. The summed E-state index contributed by atoms with van der Waals surface area (Å²) in [5, 5.41) is 17.8. The van der Waals surface area contributed by atoms with Crippen LogP contribution in [-0.2, 0) is 16.1 Å². The van der Waals surface area contributed by atoms with Crippen molar-refractivity contribution in [2.45, 2.75) is 50.4 Å². The molecule has 1 N–H and O–H groups in total. The number of hydrogen-bond donors (Lipinski definition) is 1. The first-order valence-corrected chi connectivity index (χ1v) is 7.49. The summed E-state index contributed by atoms with van der Waals surface area (Å²) in [6.45, 7) is 5.63. The fraction of sp³-hybridized carbons (Fsp3) is 0.750. The Balaban J connectivity index is 2.16. The maximum Gasteiger partial charge on any atom is 0.313 e. The highest BCUT2D eigenvalue weighted by atomic mass is 32.2. The van der Waals surface area contributed by atoms with Crippen molar-refractivity contribution in [3.05, 3.63) is 5.82 Å². The van der Waals surface area contributed by atoms with Gasteiger partial charge in [0, 0.05) is 12.5 Å². The average molecular weight is 285 g/mol. The van der Waals surface area contributed by atoms with Crippen LogP contribution < -0.4 is 0 Å². The van der Waals surface area contributed by atoms with Crippen molar-refractivity contribution < 1.29 is 14.6 Å². The Bertz CT molecular complexity index is 449. The van der Waals surface area contributed by atoms with E-state index in [1.807, 2.05) is 4.57 Å². The fourth-order valence-electron chi connectivity index (χ4n) is 2.27. The van der Waals surface area contributed by atoms with Gasteiger partial charge in [-0.3, -0.25) is 4.79 Å². The average Bonchev–Trinajstić information content (AvgIpc) is 2.94. The predicted octanol–water partition coefficient (Wildman–Crippen LogP) is 1.76. The predicted molar refractivity (Wildman–Crippen MR) is 71.4 cm³/mol. The molecule has 2 unspecified atom stereocenters. The number of carboxylic acid groups (broad SMARTS) is 1. The molecule has 106 valence electrons. The summed E-state index contributed by atoms with van der Waals surface area (Å²) in [6.07, 6.45) is 2.17. The molecule has 1 saturated heterocycles. The molecule has 0 aliphatic carbocycles. The molecule has 2 heterocycles. The number of aromatic nitrogens is 3. The lowest BCUT2D eigenvalue weighted by Crippen LogP contribution is -2.11. The molecular weight excluding hydrogens is 266 g/mol. The lowest BCUT2D eigenvalue weighted by Gasteiger charge is -2.11. The monoisotopic (exact) mass is 285 g/mol. The van der Waals surface area contributed by atoms with Gasteiger partial charge in [-0.15, -0.1) is 10.2 Å². The molecule has 2 rings (SSSR count). The van der Waals surface area contributed by atoms with Crippen molar-refractivity contribution >= 4 is 17.7 Å². The Hall–Kier alpha value is -1.08. The van der Waals surface area contributed by atoms with E-state index in [9.17, 15) is 4.79 Å². The number of ether oxygens (including phenoxy) is 1. The van der Waals surface area contributed by atoms with Gasteiger partial charge >= 0.3 is 5.97 Å². The van der Waals surface area contributed by atoms with Crippen LogP contribution in [0.15, 0.2) is 5.16 Å². The second-order valence-corrected chi connectivity index (χ2v) is 5.69. The van der Waals surface area contributed by atoms with Crippen molar-refractivity contribution in [2.24, 2.45) is 0 Å². The summed E-state index contributed by atoms with van der Waals surface area (Å²) < 4.78 is 7.62. The lowest BCUT2D eigenvalue weighted by atomic mass is 10.1. The maximum atomic E-state index is 10.6. The number of hydrogen-bond acceptors (Lipinski definition) is 5. The second-order valence-electron chi connectivity index (χ2n) is 4.75.